The third-order valence-electron chi connectivity index (χ3n) is 4.92. The number of benzene rings is 1. The second kappa shape index (κ2) is 6.34. The van der Waals surface area contributed by atoms with E-state index in [1.807, 2.05) is 30.3 Å². The lowest BCUT2D eigenvalue weighted by Crippen LogP contribution is -2.56. The second-order valence-corrected chi connectivity index (χ2v) is 11.0. The van der Waals surface area contributed by atoms with Gasteiger partial charge in [-0.1, -0.05) is 23.7 Å². The number of nitrogens with one attached hydrogen (secondary N) is 1. The lowest BCUT2D eigenvalue weighted by atomic mass is 9.97. The maximum Gasteiger partial charge on any atom is 0.239 e. The summed E-state index contributed by atoms with van der Waals surface area (Å²) in [6, 6.07) is 7.72. The number of allylic oxidation sites excluding steroid dienone is 1. The molecule has 4 rings (SSSR count). The molecule has 27 heavy (non-hydrogen) atoms. The van der Waals surface area contributed by atoms with Crippen molar-refractivity contribution >= 4 is 66.8 Å². The molecule has 3 N–H and O–H groups in total. The van der Waals surface area contributed by atoms with Crippen molar-refractivity contribution in [2.24, 2.45) is 10.7 Å². The number of halogens is 2. The summed E-state index contributed by atoms with van der Waals surface area (Å²) < 4.78 is 25.9. The van der Waals surface area contributed by atoms with Crippen LogP contribution in [0.1, 0.15) is 12.6 Å². The Hall–Kier alpha value is -1.35. The lowest BCUT2D eigenvalue weighted by molar-refractivity contribution is 0.454. The van der Waals surface area contributed by atoms with E-state index in [9.17, 15) is 8.42 Å². The van der Waals surface area contributed by atoms with Crippen LogP contribution in [0, 0.1) is 0 Å². The molecule has 2 aliphatic heterocycles. The number of hydrogen-bond acceptors (Lipinski definition) is 5. The molecule has 0 bridgehead atoms. The van der Waals surface area contributed by atoms with Crippen LogP contribution in [-0.2, 0) is 10.0 Å². The summed E-state index contributed by atoms with van der Waals surface area (Å²) in [5.41, 5.74) is 6.70. The number of guanidine groups is 1. The highest BCUT2D eigenvalue weighted by Crippen LogP contribution is 2.48. The number of thioether (sulfide) groups is 1. The van der Waals surface area contributed by atoms with Crippen molar-refractivity contribution in [3.63, 3.8) is 0 Å². The van der Waals surface area contributed by atoms with Gasteiger partial charge in [0.05, 0.1) is 38.2 Å². The van der Waals surface area contributed by atoms with Gasteiger partial charge in [-0.2, -0.15) is 0 Å². The van der Waals surface area contributed by atoms with Crippen LogP contribution in [0.5, 0.6) is 0 Å². The number of fused-ring (bicyclic) bond motifs is 1. The van der Waals surface area contributed by atoms with E-state index >= 15 is 0 Å². The molecule has 0 aliphatic carbocycles. The third kappa shape index (κ3) is 3.12. The smallest absolute Gasteiger partial charge is 0.239 e. The van der Waals surface area contributed by atoms with Gasteiger partial charge in [-0.15, -0.1) is 23.4 Å². The molecule has 2 unspecified atom stereocenters. The summed E-state index contributed by atoms with van der Waals surface area (Å²) in [6.07, 6.45) is 1.93. The van der Waals surface area contributed by atoms with E-state index in [1.165, 1.54) is 18.8 Å². The van der Waals surface area contributed by atoms with Gasteiger partial charge in [0.1, 0.15) is 0 Å². The van der Waals surface area contributed by atoms with Gasteiger partial charge in [0.15, 0.2) is 0 Å². The zero-order chi connectivity index (χ0) is 19.6. The number of sulfonamides is 1. The first-order valence-electron chi connectivity index (χ1n) is 8.23. The van der Waals surface area contributed by atoms with Crippen molar-refractivity contribution in [1.82, 2.24) is 9.29 Å². The summed E-state index contributed by atoms with van der Waals surface area (Å²) in [5, 5.41) is 1.00. The first kappa shape index (κ1) is 19.0. The topological polar surface area (TPSA) is 91.5 Å². The second-order valence-electron chi connectivity index (χ2n) is 6.95. The van der Waals surface area contributed by atoms with Crippen molar-refractivity contribution < 1.29 is 8.42 Å². The molecular formula is C17H18Cl2N4O2S2. The summed E-state index contributed by atoms with van der Waals surface area (Å²) in [5.74, 6) is -0.156. The number of rotatable bonds is 2. The number of aliphatic imine (C=N–C) groups is 1. The molecule has 2 aromatic rings. The van der Waals surface area contributed by atoms with E-state index in [0.717, 1.165) is 25.8 Å². The van der Waals surface area contributed by atoms with Crippen molar-refractivity contribution in [2.75, 3.05) is 12.8 Å². The van der Waals surface area contributed by atoms with E-state index < -0.39 is 15.6 Å². The Balaban J connectivity index is 1.68. The number of H-pyrrole nitrogens is 1. The van der Waals surface area contributed by atoms with Crippen LogP contribution >= 0.6 is 35.0 Å². The standard InChI is InChI=1S/C17H18Cl2N4O2S2/c1-17(8-27(24,25)23(2)16(20)22-17)15-11(19)7-13(26-15)12-6-9-4-3-5-10(18)14(9)21-12/h3-7,11,15,21H,8H2,1-2H3,(H2,20,22)/t11?,15?,17-/m0/s1. The quantitative estimate of drug-likeness (QED) is 0.695. The minimum absolute atomic E-state index is 0.0148. The molecule has 0 amide bonds. The van der Waals surface area contributed by atoms with Crippen LogP contribution in [0.15, 0.2) is 35.3 Å². The van der Waals surface area contributed by atoms with Gasteiger partial charge in [-0.3, -0.25) is 0 Å². The fraction of sp³-hybridized carbons (Fsp3) is 0.353. The maximum absolute atomic E-state index is 12.5. The monoisotopic (exact) mass is 444 g/mol. The van der Waals surface area contributed by atoms with Crippen molar-refractivity contribution in [1.29, 1.82) is 0 Å². The van der Waals surface area contributed by atoms with Crippen LogP contribution in [-0.4, -0.2) is 52.6 Å². The minimum atomic E-state index is -3.53. The molecule has 0 spiro atoms. The molecule has 10 heteroatoms. The van der Waals surface area contributed by atoms with E-state index in [2.05, 4.69) is 9.98 Å². The fourth-order valence-corrected chi connectivity index (χ4v) is 7.26. The van der Waals surface area contributed by atoms with E-state index in [1.54, 1.807) is 6.92 Å². The van der Waals surface area contributed by atoms with Crippen molar-refractivity contribution in [3.05, 3.63) is 41.1 Å². The van der Waals surface area contributed by atoms with Gasteiger partial charge >= 0.3 is 0 Å². The molecule has 3 atom stereocenters. The van der Waals surface area contributed by atoms with Crippen LogP contribution < -0.4 is 5.73 Å². The first-order valence-corrected chi connectivity index (χ1v) is 11.5. The van der Waals surface area contributed by atoms with Crippen LogP contribution in [0.4, 0.5) is 0 Å². The molecule has 0 saturated heterocycles. The molecule has 6 nitrogen and oxygen atoms in total. The van der Waals surface area contributed by atoms with Crippen LogP contribution in [0.25, 0.3) is 15.8 Å². The molecule has 0 fully saturated rings. The van der Waals surface area contributed by atoms with Crippen molar-refractivity contribution in [2.45, 2.75) is 23.1 Å². The zero-order valence-electron chi connectivity index (χ0n) is 14.6. The molecule has 2 aliphatic rings. The normalized spacial score (nSPS) is 30.4. The summed E-state index contributed by atoms with van der Waals surface area (Å²) in [7, 11) is -2.12. The summed E-state index contributed by atoms with van der Waals surface area (Å²) >= 11 is 14.4. The highest BCUT2D eigenvalue weighted by molar-refractivity contribution is 8.09. The third-order valence-corrected chi connectivity index (χ3v) is 9.40. The van der Waals surface area contributed by atoms with Gasteiger partial charge in [-0.25, -0.2) is 17.7 Å². The number of nitrogens with zero attached hydrogens (tertiary/aromatic N) is 2. The largest absolute Gasteiger partial charge is 0.369 e. The van der Waals surface area contributed by atoms with E-state index in [-0.39, 0.29) is 22.3 Å². The molecule has 3 heterocycles. The fourth-order valence-electron chi connectivity index (χ4n) is 3.47. The molecular weight excluding hydrogens is 427 g/mol. The number of aromatic nitrogens is 1. The van der Waals surface area contributed by atoms with Crippen LogP contribution in [0.3, 0.4) is 0 Å². The number of aromatic amines is 1. The Morgan fingerprint density at radius 1 is 1.44 bits per heavy atom. The van der Waals surface area contributed by atoms with Gasteiger partial charge in [0.2, 0.25) is 16.0 Å². The maximum atomic E-state index is 12.5. The van der Waals surface area contributed by atoms with Crippen LogP contribution in [0.2, 0.25) is 5.02 Å². The average molecular weight is 445 g/mol. The first-order chi connectivity index (χ1) is 12.6. The molecule has 0 radical (unpaired) electrons. The Morgan fingerprint density at radius 3 is 2.85 bits per heavy atom. The summed E-state index contributed by atoms with van der Waals surface area (Å²) in [4.78, 5) is 8.75. The van der Waals surface area contributed by atoms with Gasteiger partial charge in [-0.05, 0) is 25.1 Å². The zero-order valence-corrected chi connectivity index (χ0v) is 17.8. The highest BCUT2D eigenvalue weighted by Gasteiger charge is 2.49. The summed E-state index contributed by atoms with van der Waals surface area (Å²) in [6.45, 7) is 1.79. The SMILES string of the molecule is CN1C(N)=N[C@](C)(C2SC(c3cc4cccc(Cl)c4[nH]3)=CC2Cl)CS1(=O)=O. The van der Waals surface area contributed by atoms with Gasteiger partial charge < -0.3 is 10.7 Å². The van der Waals surface area contributed by atoms with Gasteiger partial charge in [0, 0.05) is 17.3 Å². The Bertz CT molecular complexity index is 1100. The van der Waals surface area contributed by atoms with E-state index in [4.69, 9.17) is 28.9 Å². The lowest BCUT2D eigenvalue weighted by Gasteiger charge is -2.38. The number of alkyl halides is 1. The molecule has 144 valence electrons. The molecule has 1 aromatic heterocycles. The molecule has 1 aromatic carbocycles. The Labute approximate surface area is 171 Å². The minimum Gasteiger partial charge on any atom is -0.369 e. The number of para-hydroxylation sites is 1. The Kier molecular flexibility index (Phi) is 4.46. The predicted molar refractivity (Wildman–Crippen MR) is 114 cm³/mol. The van der Waals surface area contributed by atoms with Crippen molar-refractivity contribution in [3.8, 4) is 0 Å². The highest BCUT2D eigenvalue weighted by atomic mass is 35.5. The predicted octanol–water partition coefficient (Wildman–Crippen LogP) is 3.23. The molecule has 0 saturated carbocycles. The number of hydrogen-bond donors (Lipinski definition) is 2. The Morgan fingerprint density at radius 2 is 2.19 bits per heavy atom. The average Bonchev–Trinajstić information content (AvgIpc) is 3.17. The van der Waals surface area contributed by atoms with E-state index in [0.29, 0.717) is 5.02 Å². The van der Waals surface area contributed by atoms with Gasteiger partial charge in [0.25, 0.3) is 0 Å². The number of nitrogens with two attached hydrogens (primary N) is 1.